The third kappa shape index (κ3) is 3.43. The van der Waals surface area contributed by atoms with Crippen molar-refractivity contribution >= 4 is 5.91 Å². The highest BCUT2D eigenvalue weighted by molar-refractivity contribution is 5.90. The molecule has 2 aromatic rings. The van der Waals surface area contributed by atoms with E-state index in [0.29, 0.717) is 12.3 Å². The molecule has 0 spiro atoms. The molecule has 0 bridgehead atoms. The quantitative estimate of drug-likeness (QED) is 0.458. The van der Waals surface area contributed by atoms with Crippen LogP contribution in [0.15, 0.2) is 28.9 Å². The number of carbonyl (C=O) groups is 1. The van der Waals surface area contributed by atoms with Gasteiger partial charge in [-0.2, -0.15) is 5.10 Å². The minimum atomic E-state index is -0.429. The molecule has 2 aromatic heterocycles. The minimum Gasteiger partial charge on any atom is -0.455 e. The second-order valence-corrected chi connectivity index (χ2v) is 4.43. The Morgan fingerprint density at radius 3 is 2.95 bits per heavy atom. The van der Waals surface area contributed by atoms with E-state index in [-0.39, 0.29) is 5.76 Å². The number of nitrogens with zero attached hydrogens (tertiary/aromatic N) is 3. The lowest BCUT2D eigenvalue weighted by Gasteiger charge is -2.13. The summed E-state index contributed by atoms with van der Waals surface area (Å²) < 4.78 is 7.16. The molecule has 0 aliphatic rings. The first-order valence-electron chi connectivity index (χ1n) is 5.84. The Balaban J connectivity index is 1.93. The normalized spacial score (nSPS) is 10.9. The number of rotatable bonds is 5. The van der Waals surface area contributed by atoms with E-state index in [4.69, 9.17) is 10.3 Å². The van der Waals surface area contributed by atoms with Crippen molar-refractivity contribution in [2.24, 2.45) is 12.9 Å². The summed E-state index contributed by atoms with van der Waals surface area (Å²) in [6, 6.07) is 3.37. The molecule has 7 heteroatoms. The maximum absolute atomic E-state index is 11.3. The van der Waals surface area contributed by atoms with Crippen LogP contribution in [0.2, 0.25) is 0 Å². The lowest BCUT2D eigenvalue weighted by molar-refractivity contribution is 0.0922. The van der Waals surface area contributed by atoms with Gasteiger partial charge in [0.15, 0.2) is 5.76 Å². The molecule has 0 radical (unpaired) electrons. The molecule has 0 aliphatic carbocycles. The van der Waals surface area contributed by atoms with Gasteiger partial charge in [-0.15, -0.1) is 0 Å². The van der Waals surface area contributed by atoms with Crippen molar-refractivity contribution in [2.45, 2.75) is 13.1 Å². The zero-order valence-corrected chi connectivity index (χ0v) is 11.0. The molecule has 0 aliphatic heterocycles. The van der Waals surface area contributed by atoms with Crippen LogP contribution >= 0.6 is 0 Å². The molecule has 0 fully saturated rings. The van der Waals surface area contributed by atoms with Gasteiger partial charge in [0.25, 0.3) is 0 Å². The Labute approximate surface area is 110 Å². The van der Waals surface area contributed by atoms with Crippen molar-refractivity contribution < 1.29 is 9.21 Å². The summed E-state index contributed by atoms with van der Waals surface area (Å²) in [5, 5.41) is 4.11. The second-order valence-electron chi connectivity index (χ2n) is 4.43. The van der Waals surface area contributed by atoms with Crippen LogP contribution in [0.25, 0.3) is 0 Å². The summed E-state index contributed by atoms with van der Waals surface area (Å²) in [4.78, 5) is 13.3. The first kappa shape index (κ1) is 13.3. The monoisotopic (exact) mass is 263 g/mol. The van der Waals surface area contributed by atoms with Crippen LogP contribution in [0.4, 0.5) is 0 Å². The highest BCUT2D eigenvalue weighted by atomic mass is 16.4. The number of hydrogen-bond donors (Lipinski definition) is 2. The summed E-state index contributed by atoms with van der Waals surface area (Å²) in [5.74, 6) is 5.54. The van der Waals surface area contributed by atoms with Gasteiger partial charge in [0.05, 0.1) is 12.7 Å². The first-order chi connectivity index (χ1) is 9.08. The predicted molar refractivity (Wildman–Crippen MR) is 68.7 cm³/mol. The molecule has 19 heavy (non-hydrogen) atoms. The standard InChI is InChI=1S/C12H17N5O2/c1-16(6-9-5-14-17(2)7-9)8-10-3-4-11(19-10)12(18)15-13/h3-5,7H,6,8,13H2,1-2H3,(H,15,18). The fourth-order valence-corrected chi connectivity index (χ4v) is 1.84. The molecule has 0 aromatic carbocycles. The third-order valence-corrected chi connectivity index (χ3v) is 2.65. The van der Waals surface area contributed by atoms with E-state index in [1.54, 1.807) is 16.8 Å². The predicted octanol–water partition coefficient (Wildman–Crippen LogP) is 0.249. The van der Waals surface area contributed by atoms with Crippen molar-refractivity contribution in [2.75, 3.05) is 7.05 Å². The molecule has 0 saturated heterocycles. The Hall–Kier alpha value is -2.12. The number of hydrazine groups is 1. The Bertz CT molecular complexity index is 560. The van der Waals surface area contributed by atoms with Gasteiger partial charge in [-0.1, -0.05) is 0 Å². The summed E-state index contributed by atoms with van der Waals surface area (Å²) >= 11 is 0. The van der Waals surface area contributed by atoms with Crippen LogP contribution in [0, 0.1) is 0 Å². The molecule has 7 nitrogen and oxygen atoms in total. The maximum Gasteiger partial charge on any atom is 0.300 e. The third-order valence-electron chi connectivity index (χ3n) is 2.65. The number of nitrogens with two attached hydrogens (primary N) is 1. The van der Waals surface area contributed by atoms with E-state index in [1.807, 2.05) is 31.9 Å². The maximum atomic E-state index is 11.3. The van der Waals surface area contributed by atoms with Gasteiger partial charge in [-0.05, 0) is 19.2 Å². The molecular weight excluding hydrogens is 246 g/mol. The number of hydrogen-bond acceptors (Lipinski definition) is 5. The van der Waals surface area contributed by atoms with Crippen molar-refractivity contribution in [1.82, 2.24) is 20.1 Å². The largest absolute Gasteiger partial charge is 0.455 e. The number of aromatic nitrogens is 2. The van der Waals surface area contributed by atoms with Gasteiger partial charge >= 0.3 is 5.91 Å². The van der Waals surface area contributed by atoms with Gasteiger partial charge in [0, 0.05) is 25.4 Å². The Kier molecular flexibility index (Phi) is 3.98. The molecule has 1 amide bonds. The van der Waals surface area contributed by atoms with Crippen molar-refractivity contribution in [3.8, 4) is 0 Å². The summed E-state index contributed by atoms with van der Waals surface area (Å²) in [7, 11) is 3.85. The van der Waals surface area contributed by atoms with E-state index >= 15 is 0 Å². The molecule has 2 rings (SSSR count). The van der Waals surface area contributed by atoms with Crippen LogP contribution < -0.4 is 11.3 Å². The van der Waals surface area contributed by atoms with Gasteiger partial charge < -0.3 is 4.42 Å². The summed E-state index contributed by atoms with van der Waals surface area (Å²) in [6.45, 7) is 1.36. The second kappa shape index (κ2) is 5.68. The Morgan fingerprint density at radius 1 is 1.53 bits per heavy atom. The van der Waals surface area contributed by atoms with Crippen LogP contribution in [0.3, 0.4) is 0 Å². The molecule has 0 saturated carbocycles. The van der Waals surface area contributed by atoms with E-state index in [1.165, 1.54) is 0 Å². The van der Waals surface area contributed by atoms with Crippen molar-refractivity contribution in [3.05, 3.63) is 41.6 Å². The number of nitrogens with one attached hydrogen (secondary N) is 1. The Morgan fingerprint density at radius 2 is 2.32 bits per heavy atom. The number of aryl methyl sites for hydroxylation is 1. The highest BCUT2D eigenvalue weighted by Crippen LogP contribution is 2.11. The zero-order chi connectivity index (χ0) is 13.8. The van der Waals surface area contributed by atoms with E-state index in [2.05, 4.69) is 10.00 Å². The van der Waals surface area contributed by atoms with E-state index < -0.39 is 5.91 Å². The van der Waals surface area contributed by atoms with Crippen LogP contribution in [0.1, 0.15) is 21.9 Å². The van der Waals surface area contributed by atoms with Gasteiger partial charge in [-0.3, -0.25) is 19.8 Å². The van der Waals surface area contributed by atoms with Crippen molar-refractivity contribution in [1.29, 1.82) is 0 Å². The minimum absolute atomic E-state index is 0.215. The number of furan rings is 1. The van der Waals surface area contributed by atoms with Crippen LogP contribution in [-0.4, -0.2) is 27.6 Å². The molecule has 0 atom stereocenters. The summed E-state index contributed by atoms with van der Waals surface area (Å²) in [5.41, 5.74) is 3.15. The lowest BCUT2D eigenvalue weighted by Crippen LogP contribution is -2.29. The summed E-state index contributed by atoms with van der Waals surface area (Å²) in [6.07, 6.45) is 3.79. The first-order valence-corrected chi connectivity index (χ1v) is 5.84. The number of amides is 1. The fourth-order valence-electron chi connectivity index (χ4n) is 1.84. The average molecular weight is 263 g/mol. The smallest absolute Gasteiger partial charge is 0.300 e. The van der Waals surface area contributed by atoms with E-state index in [0.717, 1.165) is 12.1 Å². The number of carbonyl (C=O) groups excluding carboxylic acids is 1. The van der Waals surface area contributed by atoms with Gasteiger partial charge in [0.2, 0.25) is 0 Å². The van der Waals surface area contributed by atoms with Crippen molar-refractivity contribution in [3.63, 3.8) is 0 Å². The molecule has 2 heterocycles. The molecule has 102 valence electrons. The van der Waals surface area contributed by atoms with Gasteiger partial charge in [-0.25, -0.2) is 5.84 Å². The van der Waals surface area contributed by atoms with Crippen LogP contribution in [-0.2, 0) is 20.1 Å². The fraction of sp³-hybridized carbons (Fsp3) is 0.333. The zero-order valence-electron chi connectivity index (χ0n) is 11.0. The number of nitrogen functional groups attached to an aromatic ring is 1. The highest BCUT2D eigenvalue weighted by Gasteiger charge is 2.11. The molecule has 3 N–H and O–H groups in total. The average Bonchev–Trinajstić information content (AvgIpc) is 2.98. The molecule has 0 unspecified atom stereocenters. The SMILES string of the molecule is CN(Cc1cnn(C)c1)Cc1ccc(C(=O)NN)o1. The molecular formula is C12H17N5O2. The van der Waals surface area contributed by atoms with Gasteiger partial charge in [0.1, 0.15) is 5.76 Å². The van der Waals surface area contributed by atoms with E-state index in [9.17, 15) is 4.79 Å². The topological polar surface area (TPSA) is 89.3 Å². The lowest BCUT2D eigenvalue weighted by atomic mass is 10.3. The van der Waals surface area contributed by atoms with Crippen LogP contribution in [0.5, 0.6) is 0 Å².